The van der Waals surface area contributed by atoms with Gasteiger partial charge < -0.3 is 20.3 Å². The number of halogens is 1. The molecule has 1 unspecified atom stereocenters. The number of carboxylic acids is 1. The maximum absolute atomic E-state index is 10.7. The molecule has 2 rings (SSSR count). The molecular weight excluding hydrogens is 246 g/mol. The summed E-state index contributed by atoms with van der Waals surface area (Å²) in [6, 6.07) is 0.702. The zero-order chi connectivity index (χ0) is 12.6. The molecule has 3 N–H and O–H groups in total. The summed E-state index contributed by atoms with van der Waals surface area (Å²) in [4.78, 5) is 10.7. The Balaban J connectivity index is 2.36. The van der Waals surface area contributed by atoms with E-state index in [0.29, 0.717) is 22.1 Å². The number of fused-ring (bicyclic) bond motifs is 1. The summed E-state index contributed by atoms with van der Waals surface area (Å²) in [5.74, 6) is 0.138. The van der Waals surface area contributed by atoms with Crippen molar-refractivity contribution in [3.8, 4) is 11.5 Å². The van der Waals surface area contributed by atoms with Crippen molar-refractivity contribution in [2.24, 2.45) is 5.73 Å². The van der Waals surface area contributed by atoms with Crippen LogP contribution in [0, 0.1) is 6.92 Å². The summed E-state index contributed by atoms with van der Waals surface area (Å²) in [6.07, 6.45) is 0.158. The van der Waals surface area contributed by atoms with E-state index in [4.69, 9.17) is 31.9 Å². The highest BCUT2D eigenvalue weighted by atomic mass is 35.5. The Bertz CT molecular complexity index is 475. The molecule has 5 nitrogen and oxygen atoms in total. The molecule has 0 saturated heterocycles. The van der Waals surface area contributed by atoms with Gasteiger partial charge in [-0.05, 0) is 25.0 Å². The molecule has 0 bridgehead atoms. The van der Waals surface area contributed by atoms with E-state index in [1.165, 1.54) is 0 Å². The summed E-state index contributed by atoms with van der Waals surface area (Å²) < 4.78 is 10.5. The summed E-state index contributed by atoms with van der Waals surface area (Å²) in [7, 11) is 0. The molecule has 92 valence electrons. The van der Waals surface area contributed by atoms with E-state index in [1.54, 1.807) is 13.0 Å². The average molecular weight is 258 g/mol. The molecule has 0 amide bonds. The fraction of sp³-hybridized carbons (Fsp3) is 0.364. The lowest BCUT2D eigenvalue weighted by Crippen LogP contribution is -2.32. The van der Waals surface area contributed by atoms with Crippen LogP contribution in [-0.2, 0) is 11.2 Å². The molecule has 0 radical (unpaired) electrons. The first-order valence-corrected chi connectivity index (χ1v) is 5.44. The maximum atomic E-state index is 10.7. The monoisotopic (exact) mass is 257 g/mol. The van der Waals surface area contributed by atoms with Crippen molar-refractivity contribution in [2.45, 2.75) is 19.4 Å². The van der Waals surface area contributed by atoms with E-state index >= 15 is 0 Å². The van der Waals surface area contributed by atoms with Gasteiger partial charge in [0, 0.05) is 5.56 Å². The Morgan fingerprint density at radius 3 is 3.00 bits per heavy atom. The van der Waals surface area contributed by atoms with Crippen LogP contribution in [0.2, 0.25) is 5.02 Å². The summed E-state index contributed by atoms with van der Waals surface area (Å²) in [6.45, 7) is 1.95. The second-order valence-electron chi connectivity index (χ2n) is 3.86. The number of carbonyl (C=O) groups is 1. The lowest BCUT2D eigenvalue weighted by molar-refractivity contribution is -0.138. The predicted octanol–water partition coefficient (Wildman–Crippen LogP) is 1.33. The number of hydrogen-bond acceptors (Lipinski definition) is 4. The van der Waals surface area contributed by atoms with E-state index in [0.717, 1.165) is 5.56 Å². The molecule has 1 aliphatic heterocycles. The Kier molecular flexibility index (Phi) is 3.13. The number of ether oxygens (including phenoxy) is 2. The third-order valence-corrected chi connectivity index (χ3v) is 3.18. The van der Waals surface area contributed by atoms with Gasteiger partial charge in [-0.25, -0.2) is 0 Å². The lowest BCUT2D eigenvalue weighted by Gasteiger charge is -2.12. The second-order valence-corrected chi connectivity index (χ2v) is 4.24. The largest absolute Gasteiger partial charge is 0.480 e. The minimum absolute atomic E-state index is 0.154. The minimum Gasteiger partial charge on any atom is -0.480 e. The number of hydrogen-bond donors (Lipinski definition) is 2. The molecule has 1 aliphatic rings. The first-order chi connectivity index (χ1) is 8.00. The number of aliphatic carboxylic acids is 1. The van der Waals surface area contributed by atoms with Crippen LogP contribution in [0.5, 0.6) is 11.5 Å². The Hall–Kier alpha value is -1.46. The zero-order valence-electron chi connectivity index (χ0n) is 9.20. The molecule has 1 atom stereocenters. The van der Waals surface area contributed by atoms with Crippen LogP contribution in [0.3, 0.4) is 0 Å². The molecule has 0 aliphatic carbocycles. The van der Waals surface area contributed by atoms with Crippen LogP contribution < -0.4 is 15.2 Å². The van der Waals surface area contributed by atoms with Gasteiger partial charge in [0.25, 0.3) is 0 Å². The van der Waals surface area contributed by atoms with Crippen molar-refractivity contribution in [3.63, 3.8) is 0 Å². The van der Waals surface area contributed by atoms with Crippen LogP contribution in [0.15, 0.2) is 6.07 Å². The van der Waals surface area contributed by atoms with Gasteiger partial charge in [-0.2, -0.15) is 0 Å². The Labute approximate surface area is 103 Å². The molecule has 17 heavy (non-hydrogen) atoms. The first-order valence-electron chi connectivity index (χ1n) is 5.06. The molecular formula is C11H12ClNO4. The maximum Gasteiger partial charge on any atom is 0.320 e. The molecule has 0 spiro atoms. The average Bonchev–Trinajstić information content (AvgIpc) is 2.73. The molecule has 0 fully saturated rings. The van der Waals surface area contributed by atoms with Crippen molar-refractivity contribution in [2.75, 3.05) is 6.79 Å². The molecule has 0 aromatic heterocycles. The van der Waals surface area contributed by atoms with Crippen LogP contribution in [0.25, 0.3) is 0 Å². The van der Waals surface area contributed by atoms with E-state index in [1.807, 2.05) is 0 Å². The quantitative estimate of drug-likeness (QED) is 0.854. The van der Waals surface area contributed by atoms with E-state index < -0.39 is 12.0 Å². The highest BCUT2D eigenvalue weighted by Gasteiger charge is 2.23. The number of rotatable bonds is 3. The fourth-order valence-corrected chi connectivity index (χ4v) is 1.94. The van der Waals surface area contributed by atoms with E-state index in [2.05, 4.69) is 0 Å². The van der Waals surface area contributed by atoms with Crippen LogP contribution in [0.4, 0.5) is 0 Å². The smallest absolute Gasteiger partial charge is 0.320 e. The van der Waals surface area contributed by atoms with Crippen molar-refractivity contribution in [1.82, 2.24) is 0 Å². The third kappa shape index (κ3) is 2.16. The second kappa shape index (κ2) is 4.43. The number of carboxylic acid groups (broad SMARTS) is 1. The topological polar surface area (TPSA) is 81.8 Å². The van der Waals surface area contributed by atoms with Gasteiger partial charge in [0.2, 0.25) is 6.79 Å². The van der Waals surface area contributed by atoms with Crippen LogP contribution in [-0.4, -0.2) is 23.9 Å². The molecule has 6 heteroatoms. The van der Waals surface area contributed by atoms with Crippen molar-refractivity contribution in [3.05, 3.63) is 22.2 Å². The van der Waals surface area contributed by atoms with E-state index in [9.17, 15) is 4.79 Å². The Morgan fingerprint density at radius 2 is 2.35 bits per heavy atom. The summed E-state index contributed by atoms with van der Waals surface area (Å²) in [5, 5.41) is 9.25. The van der Waals surface area contributed by atoms with Gasteiger partial charge in [0.15, 0.2) is 11.5 Å². The van der Waals surface area contributed by atoms with Gasteiger partial charge in [0.05, 0.1) is 5.02 Å². The van der Waals surface area contributed by atoms with Gasteiger partial charge in [-0.15, -0.1) is 0 Å². The summed E-state index contributed by atoms with van der Waals surface area (Å²) in [5.41, 5.74) is 6.88. The molecule has 1 heterocycles. The summed E-state index contributed by atoms with van der Waals surface area (Å²) >= 11 is 6.14. The molecule has 0 saturated carbocycles. The lowest BCUT2D eigenvalue weighted by atomic mass is 10.0. The van der Waals surface area contributed by atoms with Crippen LogP contribution in [0.1, 0.15) is 11.1 Å². The van der Waals surface area contributed by atoms with Gasteiger partial charge in [-0.3, -0.25) is 4.79 Å². The SMILES string of the molecule is Cc1c(Cl)c(CC(N)C(=O)O)cc2c1OCO2. The van der Waals surface area contributed by atoms with Crippen molar-refractivity contribution in [1.29, 1.82) is 0 Å². The first kappa shape index (κ1) is 12.0. The fourth-order valence-electron chi connectivity index (χ4n) is 1.72. The number of nitrogens with two attached hydrogens (primary N) is 1. The molecule has 1 aromatic carbocycles. The van der Waals surface area contributed by atoms with Gasteiger partial charge >= 0.3 is 5.97 Å². The highest BCUT2D eigenvalue weighted by molar-refractivity contribution is 6.32. The van der Waals surface area contributed by atoms with Crippen molar-refractivity contribution < 1.29 is 19.4 Å². The van der Waals surface area contributed by atoms with Crippen molar-refractivity contribution >= 4 is 17.6 Å². The Morgan fingerprint density at radius 1 is 1.65 bits per heavy atom. The highest BCUT2D eigenvalue weighted by Crippen LogP contribution is 2.41. The standard InChI is InChI=1S/C11H12ClNO4/c1-5-9(12)6(2-7(13)11(14)15)3-8-10(5)17-4-16-8/h3,7H,2,4,13H2,1H3,(H,14,15). The minimum atomic E-state index is -1.06. The normalized spacial score (nSPS) is 14.8. The third-order valence-electron chi connectivity index (χ3n) is 2.66. The predicted molar refractivity (Wildman–Crippen MR) is 61.6 cm³/mol. The number of benzene rings is 1. The van der Waals surface area contributed by atoms with Gasteiger partial charge in [-0.1, -0.05) is 11.6 Å². The van der Waals surface area contributed by atoms with Gasteiger partial charge in [0.1, 0.15) is 6.04 Å². The van der Waals surface area contributed by atoms with E-state index in [-0.39, 0.29) is 13.2 Å². The van der Waals surface area contributed by atoms with Crippen LogP contribution >= 0.6 is 11.6 Å². The zero-order valence-corrected chi connectivity index (χ0v) is 9.95. The molecule has 1 aromatic rings.